The molecule has 2 aromatic heterocycles. The number of aromatic nitrogens is 3. The molecule has 0 fully saturated rings. The second-order valence-electron chi connectivity index (χ2n) is 3.64. The average molecular weight is 276 g/mol. The second-order valence-corrected chi connectivity index (χ2v) is 4.72. The number of hydrogen-bond donors (Lipinski definition) is 2. The molecule has 0 atom stereocenters. The summed E-state index contributed by atoms with van der Waals surface area (Å²) in [7, 11) is 1.77. The van der Waals surface area contributed by atoms with Crippen molar-refractivity contribution in [1.82, 2.24) is 20.1 Å². The van der Waals surface area contributed by atoms with Crippen molar-refractivity contribution in [2.24, 2.45) is 7.05 Å². The van der Waals surface area contributed by atoms with Gasteiger partial charge in [0.25, 0.3) is 5.91 Å². The number of aliphatic hydroxyl groups excluding tert-OH is 1. The third-order valence-corrected chi connectivity index (χ3v) is 3.17. The number of hydrogen-bond acceptors (Lipinski definition) is 5. The fourth-order valence-corrected chi connectivity index (χ4v) is 2.16. The summed E-state index contributed by atoms with van der Waals surface area (Å²) in [6.07, 6.45) is 1.58. The predicted octanol–water partition coefficient (Wildman–Crippen LogP) is 0.150. The van der Waals surface area contributed by atoms with Crippen LogP contribution in [0.25, 0.3) is 0 Å². The Labute approximate surface area is 114 Å². The molecular weight excluding hydrogens is 264 g/mol. The molecule has 7 heteroatoms. The molecule has 0 spiro atoms. The van der Waals surface area contributed by atoms with Crippen LogP contribution in [0.1, 0.15) is 20.4 Å². The van der Waals surface area contributed by atoms with Gasteiger partial charge in [0.2, 0.25) is 0 Å². The number of aliphatic hydroxyl groups is 1. The minimum Gasteiger partial charge on any atom is -0.384 e. The normalized spacial score (nSPS) is 9.79. The van der Waals surface area contributed by atoms with Crippen molar-refractivity contribution in [2.45, 2.75) is 6.54 Å². The Balaban J connectivity index is 1.94. The summed E-state index contributed by atoms with van der Waals surface area (Å²) in [5.74, 6) is 5.67. The van der Waals surface area contributed by atoms with Gasteiger partial charge >= 0.3 is 0 Å². The molecule has 1 amide bonds. The molecule has 0 aromatic carbocycles. The van der Waals surface area contributed by atoms with E-state index in [1.54, 1.807) is 30.2 Å². The first-order valence-electron chi connectivity index (χ1n) is 5.51. The third kappa shape index (κ3) is 3.64. The molecule has 0 aliphatic heterocycles. The minimum atomic E-state index is -0.190. The Morgan fingerprint density at radius 2 is 2.42 bits per heavy atom. The number of thiophene rings is 1. The molecule has 2 heterocycles. The molecule has 2 aromatic rings. The van der Waals surface area contributed by atoms with Crippen LogP contribution in [-0.4, -0.2) is 32.4 Å². The van der Waals surface area contributed by atoms with Gasteiger partial charge in [0.05, 0.1) is 16.3 Å². The standard InChI is InChI=1S/C12H12N4O2S/c1-16-8-14-11(15-16)7-13-12(18)10-5-4-9(19-10)3-2-6-17/h4-5,8,17H,6-7H2,1H3,(H,13,18). The van der Waals surface area contributed by atoms with Gasteiger partial charge in [-0.25, -0.2) is 4.98 Å². The number of aryl methyl sites for hydroxylation is 1. The number of carbonyl (C=O) groups is 1. The van der Waals surface area contributed by atoms with E-state index < -0.39 is 0 Å². The molecule has 0 aliphatic carbocycles. The Bertz CT molecular complexity index is 635. The molecule has 98 valence electrons. The highest BCUT2D eigenvalue weighted by Gasteiger charge is 2.09. The monoisotopic (exact) mass is 276 g/mol. The van der Waals surface area contributed by atoms with Crippen LogP contribution in [0, 0.1) is 11.8 Å². The first-order valence-corrected chi connectivity index (χ1v) is 6.33. The fourth-order valence-electron chi connectivity index (χ4n) is 1.37. The lowest BCUT2D eigenvalue weighted by atomic mass is 10.4. The SMILES string of the molecule is Cn1cnc(CNC(=O)c2ccc(C#CCO)s2)n1. The van der Waals surface area contributed by atoms with E-state index in [9.17, 15) is 4.79 Å². The zero-order valence-corrected chi connectivity index (χ0v) is 11.1. The molecule has 2 N–H and O–H groups in total. The van der Waals surface area contributed by atoms with Crippen LogP contribution < -0.4 is 5.32 Å². The molecule has 0 unspecified atom stereocenters. The van der Waals surface area contributed by atoms with Crippen molar-refractivity contribution in [2.75, 3.05) is 6.61 Å². The summed E-state index contributed by atoms with van der Waals surface area (Å²) in [6, 6.07) is 3.45. The maximum atomic E-state index is 11.9. The Morgan fingerprint density at radius 1 is 1.58 bits per heavy atom. The van der Waals surface area contributed by atoms with Crippen molar-refractivity contribution in [1.29, 1.82) is 0 Å². The number of rotatable bonds is 3. The van der Waals surface area contributed by atoms with E-state index in [1.807, 2.05) is 0 Å². The minimum absolute atomic E-state index is 0.186. The van der Waals surface area contributed by atoms with Crippen LogP contribution in [0.15, 0.2) is 18.5 Å². The molecular formula is C12H12N4O2S. The van der Waals surface area contributed by atoms with Crippen molar-refractivity contribution < 1.29 is 9.90 Å². The number of nitrogens with one attached hydrogen (secondary N) is 1. The summed E-state index contributed by atoms with van der Waals surface area (Å²) < 4.78 is 1.58. The van der Waals surface area contributed by atoms with Crippen molar-refractivity contribution in [3.63, 3.8) is 0 Å². The predicted molar refractivity (Wildman–Crippen MR) is 70.5 cm³/mol. The van der Waals surface area contributed by atoms with Gasteiger partial charge in [0.15, 0.2) is 5.82 Å². The second kappa shape index (κ2) is 6.13. The first-order chi connectivity index (χ1) is 9.19. The number of nitrogens with zero attached hydrogens (tertiary/aromatic N) is 3. The number of amides is 1. The van der Waals surface area contributed by atoms with Gasteiger partial charge in [-0.3, -0.25) is 9.48 Å². The molecule has 6 nitrogen and oxygen atoms in total. The highest BCUT2D eigenvalue weighted by molar-refractivity contribution is 7.14. The smallest absolute Gasteiger partial charge is 0.261 e. The van der Waals surface area contributed by atoms with Crippen LogP contribution in [0.2, 0.25) is 0 Å². The fraction of sp³-hybridized carbons (Fsp3) is 0.250. The molecule has 0 radical (unpaired) electrons. The van der Waals surface area contributed by atoms with Crippen molar-refractivity contribution in [3.8, 4) is 11.8 Å². The summed E-state index contributed by atoms with van der Waals surface area (Å²) in [4.78, 5) is 17.2. The molecule has 0 saturated carbocycles. The van der Waals surface area contributed by atoms with E-state index >= 15 is 0 Å². The Hall–Kier alpha value is -2.17. The molecule has 0 aliphatic rings. The van der Waals surface area contributed by atoms with Crippen LogP contribution in [0.4, 0.5) is 0 Å². The zero-order valence-electron chi connectivity index (χ0n) is 10.3. The van der Waals surface area contributed by atoms with Gasteiger partial charge in [-0.05, 0) is 12.1 Å². The topological polar surface area (TPSA) is 80.0 Å². The summed E-state index contributed by atoms with van der Waals surface area (Å²) >= 11 is 1.28. The lowest BCUT2D eigenvalue weighted by molar-refractivity contribution is 0.0954. The number of carbonyl (C=O) groups excluding carboxylic acids is 1. The zero-order chi connectivity index (χ0) is 13.7. The maximum absolute atomic E-state index is 11.9. The first kappa shape index (κ1) is 13.3. The quantitative estimate of drug-likeness (QED) is 0.782. The Morgan fingerprint density at radius 3 is 3.11 bits per heavy atom. The van der Waals surface area contributed by atoms with Gasteiger partial charge in [-0.1, -0.05) is 11.8 Å². The molecule has 0 saturated heterocycles. The molecule has 0 bridgehead atoms. The van der Waals surface area contributed by atoms with E-state index in [4.69, 9.17) is 5.11 Å². The van der Waals surface area contributed by atoms with Gasteiger partial charge in [-0.15, -0.1) is 11.3 Å². The third-order valence-electron chi connectivity index (χ3n) is 2.17. The van der Waals surface area contributed by atoms with Crippen LogP contribution in [0.5, 0.6) is 0 Å². The van der Waals surface area contributed by atoms with E-state index in [1.165, 1.54) is 11.3 Å². The van der Waals surface area contributed by atoms with E-state index in [-0.39, 0.29) is 19.1 Å². The highest BCUT2D eigenvalue weighted by atomic mass is 32.1. The Kier molecular flexibility index (Phi) is 4.28. The van der Waals surface area contributed by atoms with E-state index in [0.717, 1.165) is 4.88 Å². The molecule has 2 rings (SSSR count). The summed E-state index contributed by atoms with van der Waals surface area (Å²) in [5.41, 5.74) is 0. The maximum Gasteiger partial charge on any atom is 0.261 e. The lowest BCUT2D eigenvalue weighted by Crippen LogP contribution is -2.22. The average Bonchev–Trinajstić information content (AvgIpc) is 3.02. The lowest BCUT2D eigenvalue weighted by Gasteiger charge is -1.99. The van der Waals surface area contributed by atoms with Crippen molar-refractivity contribution >= 4 is 17.2 Å². The van der Waals surface area contributed by atoms with Crippen LogP contribution in [-0.2, 0) is 13.6 Å². The van der Waals surface area contributed by atoms with Gasteiger partial charge in [-0.2, -0.15) is 5.10 Å². The summed E-state index contributed by atoms with van der Waals surface area (Å²) in [5, 5.41) is 15.4. The van der Waals surface area contributed by atoms with Crippen molar-refractivity contribution in [3.05, 3.63) is 34.0 Å². The summed E-state index contributed by atoms with van der Waals surface area (Å²) in [6.45, 7) is 0.0972. The van der Waals surface area contributed by atoms with Crippen LogP contribution >= 0.6 is 11.3 Å². The van der Waals surface area contributed by atoms with E-state index in [0.29, 0.717) is 10.7 Å². The van der Waals surface area contributed by atoms with Gasteiger partial charge < -0.3 is 10.4 Å². The highest BCUT2D eigenvalue weighted by Crippen LogP contribution is 2.15. The largest absolute Gasteiger partial charge is 0.384 e. The van der Waals surface area contributed by atoms with Gasteiger partial charge in [0.1, 0.15) is 12.9 Å². The van der Waals surface area contributed by atoms with Gasteiger partial charge in [0, 0.05) is 7.05 Å². The van der Waals surface area contributed by atoms with Crippen LogP contribution in [0.3, 0.4) is 0 Å². The van der Waals surface area contributed by atoms with E-state index in [2.05, 4.69) is 27.2 Å². The molecule has 19 heavy (non-hydrogen) atoms.